The molecule has 13 nitrogen and oxygen atoms in total. The van der Waals surface area contributed by atoms with Crippen LogP contribution in [0.25, 0.3) is 0 Å². The summed E-state index contributed by atoms with van der Waals surface area (Å²) in [5.74, 6) is -2.02. The molecule has 3 amide bonds. The van der Waals surface area contributed by atoms with Gasteiger partial charge in [-0.05, 0) is 56.4 Å². The number of hydrogen-bond donors (Lipinski definition) is 5. The first-order valence-electron chi connectivity index (χ1n) is 12.5. The van der Waals surface area contributed by atoms with Gasteiger partial charge in [0.2, 0.25) is 6.79 Å². The normalized spacial score (nSPS) is 12.3. The summed E-state index contributed by atoms with van der Waals surface area (Å²) in [6, 6.07) is 4.84. The van der Waals surface area contributed by atoms with Gasteiger partial charge >= 0.3 is 12.1 Å². The largest absolute Gasteiger partial charge is 0.426 e. The number of aryl methyl sites for hydroxylation is 1. The molecule has 1 aromatic carbocycles. The van der Waals surface area contributed by atoms with Gasteiger partial charge in [-0.25, -0.2) is 14.5 Å². The zero-order chi connectivity index (χ0) is 28.7. The minimum atomic E-state index is -1.08. The lowest BCUT2D eigenvalue weighted by molar-refractivity contribution is -0.154. The number of nitrogens with one attached hydrogen (secondary N) is 4. The summed E-state index contributed by atoms with van der Waals surface area (Å²) >= 11 is 0. The maximum Gasteiger partial charge on any atom is 0.423 e. The quantitative estimate of drug-likeness (QED) is 0.124. The van der Waals surface area contributed by atoms with Crippen molar-refractivity contribution in [2.75, 3.05) is 37.3 Å². The molecule has 13 heteroatoms. The first kappa shape index (κ1) is 29.2. The lowest BCUT2D eigenvalue weighted by Gasteiger charge is -2.26. The van der Waals surface area contributed by atoms with Crippen molar-refractivity contribution in [3.05, 3.63) is 52.3 Å². The number of anilines is 1. The van der Waals surface area contributed by atoms with Gasteiger partial charge in [0.05, 0.1) is 11.3 Å². The molecule has 1 fully saturated rings. The number of aliphatic hydroxyl groups is 1. The monoisotopic (exact) mass is 542 g/mol. The average Bonchev–Trinajstić information content (AvgIpc) is 3.67. The minimum Gasteiger partial charge on any atom is -0.426 e. The molecule has 1 heterocycles. The van der Waals surface area contributed by atoms with Crippen LogP contribution < -0.4 is 21.0 Å². The van der Waals surface area contributed by atoms with Crippen molar-refractivity contribution in [2.24, 2.45) is 0 Å². The van der Waals surface area contributed by atoms with Crippen LogP contribution in [-0.4, -0.2) is 72.5 Å². The number of carbonyl (C=O) groups is 4. The van der Waals surface area contributed by atoms with E-state index in [0.29, 0.717) is 23.2 Å². The first-order valence-corrected chi connectivity index (χ1v) is 12.5. The third-order valence-electron chi connectivity index (χ3n) is 6.07. The molecule has 0 bridgehead atoms. The maximum atomic E-state index is 13.3. The van der Waals surface area contributed by atoms with Gasteiger partial charge in [0.25, 0.3) is 11.8 Å². The van der Waals surface area contributed by atoms with Crippen molar-refractivity contribution in [1.29, 1.82) is 5.41 Å². The highest BCUT2D eigenvalue weighted by Crippen LogP contribution is 2.28. The number of amides is 3. The molecule has 39 heavy (non-hydrogen) atoms. The summed E-state index contributed by atoms with van der Waals surface area (Å²) in [6.07, 6.45) is 2.98. The van der Waals surface area contributed by atoms with Gasteiger partial charge in [0.15, 0.2) is 5.84 Å². The second-order valence-electron chi connectivity index (χ2n) is 9.00. The van der Waals surface area contributed by atoms with Crippen LogP contribution in [0, 0.1) is 19.3 Å². The molecule has 0 unspecified atom stereocenters. The minimum absolute atomic E-state index is 0.113. The molecule has 0 spiro atoms. The second kappa shape index (κ2) is 12.9. The van der Waals surface area contributed by atoms with E-state index in [1.165, 1.54) is 16.9 Å². The van der Waals surface area contributed by atoms with Crippen LogP contribution in [-0.2, 0) is 14.3 Å². The molecular weight excluding hydrogens is 508 g/mol. The second-order valence-corrected chi connectivity index (χ2v) is 9.00. The summed E-state index contributed by atoms with van der Waals surface area (Å²) in [6.45, 7) is 4.04. The van der Waals surface area contributed by atoms with Gasteiger partial charge < -0.3 is 30.6 Å². The third-order valence-corrected chi connectivity index (χ3v) is 6.07. The van der Waals surface area contributed by atoms with E-state index in [2.05, 4.69) is 20.8 Å². The van der Waals surface area contributed by atoms with Crippen molar-refractivity contribution >= 4 is 35.4 Å². The van der Waals surface area contributed by atoms with E-state index in [-0.39, 0.29) is 40.6 Å². The lowest BCUT2D eigenvalue weighted by Crippen LogP contribution is -2.40. The molecule has 1 aliphatic rings. The highest BCUT2D eigenvalue weighted by molar-refractivity contribution is 6.21. The Morgan fingerprint density at radius 3 is 2.49 bits per heavy atom. The van der Waals surface area contributed by atoms with E-state index >= 15 is 0 Å². The summed E-state index contributed by atoms with van der Waals surface area (Å²) in [4.78, 5) is 51.1. The fourth-order valence-electron chi connectivity index (χ4n) is 3.79. The molecule has 0 saturated heterocycles. The van der Waals surface area contributed by atoms with Crippen LogP contribution in [0.15, 0.2) is 24.4 Å². The van der Waals surface area contributed by atoms with E-state index in [1.807, 2.05) is 6.92 Å². The van der Waals surface area contributed by atoms with Gasteiger partial charge in [-0.3, -0.25) is 19.7 Å². The number of amidine groups is 1. The number of aliphatic hydroxyl groups excluding tert-OH is 1. The maximum absolute atomic E-state index is 13.3. The van der Waals surface area contributed by atoms with Crippen LogP contribution in [0.5, 0.6) is 0 Å². The van der Waals surface area contributed by atoms with Crippen LogP contribution in [0.1, 0.15) is 63.7 Å². The number of nitrogens with zero attached hydrogens (tertiary/aromatic N) is 2. The Hall–Kier alpha value is -4.39. The number of rotatable bonds is 11. The summed E-state index contributed by atoms with van der Waals surface area (Å²) in [5, 5.41) is 23.6. The zero-order valence-electron chi connectivity index (χ0n) is 22.4. The van der Waals surface area contributed by atoms with Crippen molar-refractivity contribution in [3.8, 4) is 0 Å². The molecule has 2 aromatic rings. The van der Waals surface area contributed by atoms with Crippen LogP contribution in [0.4, 0.5) is 10.5 Å². The lowest BCUT2D eigenvalue weighted by atomic mass is 10.1. The summed E-state index contributed by atoms with van der Waals surface area (Å²) < 4.78 is 11.2. The van der Waals surface area contributed by atoms with E-state index in [0.717, 1.165) is 24.2 Å². The van der Waals surface area contributed by atoms with Crippen LogP contribution >= 0.6 is 0 Å². The Kier molecular flexibility index (Phi) is 9.66. The molecule has 0 atom stereocenters. The number of carbonyl (C=O) groups excluding carboxylic acids is 4. The van der Waals surface area contributed by atoms with Crippen molar-refractivity contribution < 1.29 is 33.8 Å². The molecular formula is C26H34N6O7. The van der Waals surface area contributed by atoms with Gasteiger partial charge in [-0.1, -0.05) is 13.0 Å². The molecule has 210 valence electrons. The molecule has 3 rings (SSSR count). The third kappa shape index (κ3) is 6.93. The molecule has 1 saturated carbocycles. The number of esters is 1. The van der Waals surface area contributed by atoms with Crippen LogP contribution in [0.3, 0.4) is 0 Å². The number of benzene rings is 1. The molecule has 5 N–H and O–H groups in total. The number of ether oxygens (including phenoxy) is 2. The standard InChI is InChI=1S/C26H34N6O7/c1-5-10-29-25(36)19-12-31(28-4)22(16(19)3)23(27)32(26(37)39-14-38-21(34)13-33)20-11-17(7-6-15(20)2)24(35)30-18-8-9-18/h6-7,11-12,18,27-28,33H,5,8-10,13-14H2,1-4H3,(H,29,36)(H,30,35). The highest BCUT2D eigenvalue weighted by atomic mass is 16.7. The van der Waals surface area contributed by atoms with E-state index in [9.17, 15) is 19.2 Å². The Labute approximate surface area is 225 Å². The predicted octanol–water partition coefficient (Wildman–Crippen LogP) is 1.77. The van der Waals surface area contributed by atoms with Crippen molar-refractivity contribution in [3.63, 3.8) is 0 Å². The Bertz CT molecular complexity index is 1270. The Balaban J connectivity index is 2.05. The summed E-state index contributed by atoms with van der Waals surface area (Å²) in [7, 11) is 1.59. The summed E-state index contributed by atoms with van der Waals surface area (Å²) in [5.41, 5.74) is 4.82. The molecule has 1 aromatic heterocycles. The van der Waals surface area contributed by atoms with E-state index < -0.39 is 25.5 Å². The van der Waals surface area contributed by atoms with Crippen LogP contribution in [0.2, 0.25) is 0 Å². The SMILES string of the molecule is CCCNC(=O)c1cn(NC)c(C(=N)N(C(=O)OCOC(=O)CO)c2cc(C(=O)NC3CC3)ccc2C)c1C. The number of aromatic nitrogens is 1. The van der Waals surface area contributed by atoms with E-state index in [1.54, 1.807) is 33.0 Å². The predicted molar refractivity (Wildman–Crippen MR) is 143 cm³/mol. The Morgan fingerprint density at radius 2 is 1.87 bits per heavy atom. The van der Waals surface area contributed by atoms with Gasteiger partial charge in [-0.2, -0.15) is 0 Å². The van der Waals surface area contributed by atoms with Gasteiger partial charge in [0, 0.05) is 31.4 Å². The zero-order valence-corrected chi connectivity index (χ0v) is 22.4. The van der Waals surface area contributed by atoms with Crippen molar-refractivity contribution in [1.82, 2.24) is 15.3 Å². The fourth-order valence-corrected chi connectivity index (χ4v) is 3.79. The van der Waals surface area contributed by atoms with Crippen molar-refractivity contribution in [2.45, 2.75) is 46.1 Å². The molecule has 1 aliphatic carbocycles. The highest BCUT2D eigenvalue weighted by Gasteiger charge is 2.31. The number of hydrogen-bond acceptors (Lipinski definition) is 9. The van der Waals surface area contributed by atoms with E-state index in [4.69, 9.17) is 15.3 Å². The van der Waals surface area contributed by atoms with Gasteiger partial charge in [-0.15, -0.1) is 0 Å². The topological polar surface area (TPSA) is 175 Å². The molecule has 0 aliphatic heterocycles. The smallest absolute Gasteiger partial charge is 0.423 e. The van der Waals surface area contributed by atoms with Gasteiger partial charge in [0.1, 0.15) is 12.3 Å². The average molecular weight is 543 g/mol. The molecule has 0 radical (unpaired) electrons. The fraction of sp³-hybridized carbons (Fsp3) is 0.423. The Morgan fingerprint density at radius 1 is 1.15 bits per heavy atom. The first-order chi connectivity index (χ1) is 18.6.